The van der Waals surface area contributed by atoms with Gasteiger partial charge in [-0.25, -0.2) is 4.39 Å². The SMILES string of the molecule is CCCC1CC(Nc2cccc(F)c2)(C(N)=O)CCO1. The van der Waals surface area contributed by atoms with Gasteiger partial charge >= 0.3 is 0 Å². The molecule has 2 unspecified atom stereocenters. The zero-order chi connectivity index (χ0) is 14.6. The molecule has 20 heavy (non-hydrogen) atoms. The van der Waals surface area contributed by atoms with Gasteiger partial charge in [0.2, 0.25) is 5.91 Å². The molecule has 4 nitrogen and oxygen atoms in total. The number of rotatable bonds is 5. The topological polar surface area (TPSA) is 64.3 Å². The minimum atomic E-state index is -0.855. The molecular formula is C15H21FN2O2. The number of nitrogens with one attached hydrogen (secondary N) is 1. The Balaban J connectivity index is 2.19. The van der Waals surface area contributed by atoms with Crippen molar-refractivity contribution >= 4 is 11.6 Å². The normalized spacial score (nSPS) is 26.2. The van der Waals surface area contributed by atoms with Gasteiger partial charge in [0, 0.05) is 25.1 Å². The first-order chi connectivity index (χ1) is 9.55. The summed E-state index contributed by atoms with van der Waals surface area (Å²) in [6.45, 7) is 2.56. The van der Waals surface area contributed by atoms with Crippen LogP contribution in [0.15, 0.2) is 24.3 Å². The number of anilines is 1. The largest absolute Gasteiger partial charge is 0.378 e. The molecule has 0 saturated carbocycles. The lowest BCUT2D eigenvalue weighted by atomic mass is 9.84. The van der Waals surface area contributed by atoms with Crippen LogP contribution in [0.2, 0.25) is 0 Å². The van der Waals surface area contributed by atoms with Crippen LogP contribution in [0.3, 0.4) is 0 Å². The number of carbonyl (C=O) groups excluding carboxylic acids is 1. The highest BCUT2D eigenvalue weighted by atomic mass is 19.1. The molecule has 0 aliphatic carbocycles. The highest BCUT2D eigenvalue weighted by Crippen LogP contribution is 2.31. The maximum atomic E-state index is 13.3. The molecule has 5 heteroatoms. The smallest absolute Gasteiger partial charge is 0.243 e. The summed E-state index contributed by atoms with van der Waals surface area (Å²) in [6, 6.07) is 6.08. The summed E-state index contributed by atoms with van der Waals surface area (Å²) in [4.78, 5) is 11.9. The van der Waals surface area contributed by atoms with E-state index >= 15 is 0 Å². The van der Waals surface area contributed by atoms with E-state index in [4.69, 9.17) is 10.5 Å². The van der Waals surface area contributed by atoms with Gasteiger partial charge in [-0.05, 0) is 24.6 Å². The summed E-state index contributed by atoms with van der Waals surface area (Å²) >= 11 is 0. The van der Waals surface area contributed by atoms with Crippen molar-refractivity contribution in [2.24, 2.45) is 5.73 Å². The average Bonchev–Trinajstić information content (AvgIpc) is 2.39. The Morgan fingerprint density at radius 1 is 1.60 bits per heavy atom. The molecule has 0 spiro atoms. The standard InChI is InChI=1S/C15H21FN2O2/c1-2-4-13-10-15(14(17)19,7-8-20-13)18-12-6-3-5-11(16)9-12/h3,5-6,9,13,18H,2,4,7-8,10H2,1H3,(H2,17,19). The summed E-state index contributed by atoms with van der Waals surface area (Å²) in [7, 11) is 0. The van der Waals surface area contributed by atoms with Crippen molar-refractivity contribution in [3.8, 4) is 0 Å². The van der Waals surface area contributed by atoms with Crippen LogP contribution in [0.4, 0.5) is 10.1 Å². The molecule has 1 aromatic carbocycles. The Morgan fingerprint density at radius 2 is 2.40 bits per heavy atom. The Morgan fingerprint density at radius 3 is 3.05 bits per heavy atom. The number of hydrogen-bond acceptors (Lipinski definition) is 3. The van der Waals surface area contributed by atoms with E-state index in [2.05, 4.69) is 12.2 Å². The number of nitrogens with two attached hydrogens (primary N) is 1. The molecule has 110 valence electrons. The van der Waals surface area contributed by atoms with Crippen LogP contribution in [0, 0.1) is 5.82 Å². The van der Waals surface area contributed by atoms with Crippen LogP contribution in [0.5, 0.6) is 0 Å². The lowest BCUT2D eigenvalue weighted by Crippen LogP contribution is -2.56. The summed E-state index contributed by atoms with van der Waals surface area (Å²) in [5.41, 5.74) is 5.31. The molecule has 1 amide bonds. The Labute approximate surface area is 118 Å². The third-order valence-electron chi connectivity index (χ3n) is 3.75. The molecule has 0 bridgehead atoms. The zero-order valence-electron chi connectivity index (χ0n) is 11.7. The number of ether oxygens (including phenoxy) is 1. The lowest BCUT2D eigenvalue weighted by Gasteiger charge is -2.39. The Kier molecular flexibility index (Phi) is 4.60. The molecule has 1 fully saturated rings. The zero-order valence-corrected chi connectivity index (χ0v) is 11.7. The molecular weight excluding hydrogens is 259 g/mol. The molecule has 1 aromatic rings. The van der Waals surface area contributed by atoms with Crippen molar-refractivity contribution in [2.45, 2.75) is 44.2 Å². The van der Waals surface area contributed by atoms with E-state index in [9.17, 15) is 9.18 Å². The second kappa shape index (κ2) is 6.22. The molecule has 0 aromatic heterocycles. The Hall–Kier alpha value is -1.62. The van der Waals surface area contributed by atoms with E-state index in [-0.39, 0.29) is 11.9 Å². The number of hydrogen-bond donors (Lipinski definition) is 2. The summed E-state index contributed by atoms with van der Waals surface area (Å²) < 4.78 is 18.9. The van der Waals surface area contributed by atoms with Crippen LogP contribution in [-0.2, 0) is 9.53 Å². The van der Waals surface area contributed by atoms with E-state index in [1.807, 2.05) is 0 Å². The summed E-state index contributed by atoms with van der Waals surface area (Å²) in [6.07, 6.45) is 2.91. The third-order valence-corrected chi connectivity index (χ3v) is 3.75. The second-order valence-corrected chi connectivity index (χ2v) is 5.32. The van der Waals surface area contributed by atoms with Gasteiger partial charge in [-0.1, -0.05) is 19.4 Å². The van der Waals surface area contributed by atoms with E-state index in [1.54, 1.807) is 12.1 Å². The maximum absolute atomic E-state index is 13.3. The van der Waals surface area contributed by atoms with Gasteiger partial charge in [0.15, 0.2) is 0 Å². The minimum Gasteiger partial charge on any atom is -0.378 e. The van der Waals surface area contributed by atoms with Gasteiger partial charge in [-0.2, -0.15) is 0 Å². The molecule has 1 aliphatic rings. The number of benzene rings is 1. The fourth-order valence-corrected chi connectivity index (χ4v) is 2.70. The molecule has 2 rings (SSSR count). The van der Waals surface area contributed by atoms with E-state index in [1.165, 1.54) is 12.1 Å². The highest BCUT2D eigenvalue weighted by Gasteiger charge is 2.41. The molecule has 1 heterocycles. The predicted octanol–water partition coefficient (Wildman–Crippen LogP) is 2.44. The van der Waals surface area contributed by atoms with Crippen LogP contribution >= 0.6 is 0 Å². The monoisotopic (exact) mass is 280 g/mol. The van der Waals surface area contributed by atoms with Crippen LogP contribution in [-0.4, -0.2) is 24.2 Å². The number of carbonyl (C=O) groups is 1. The molecule has 0 radical (unpaired) electrons. The van der Waals surface area contributed by atoms with Crippen molar-refractivity contribution in [2.75, 3.05) is 11.9 Å². The van der Waals surface area contributed by atoms with Gasteiger partial charge < -0.3 is 15.8 Å². The minimum absolute atomic E-state index is 0.0160. The van der Waals surface area contributed by atoms with Crippen molar-refractivity contribution in [3.05, 3.63) is 30.1 Å². The van der Waals surface area contributed by atoms with E-state index in [0.717, 1.165) is 12.8 Å². The Bertz CT molecular complexity index is 479. The fourth-order valence-electron chi connectivity index (χ4n) is 2.70. The van der Waals surface area contributed by atoms with E-state index < -0.39 is 11.4 Å². The third kappa shape index (κ3) is 3.28. The van der Waals surface area contributed by atoms with Gasteiger partial charge in [-0.3, -0.25) is 4.79 Å². The second-order valence-electron chi connectivity index (χ2n) is 5.32. The quantitative estimate of drug-likeness (QED) is 0.870. The number of primary amides is 1. The lowest BCUT2D eigenvalue weighted by molar-refractivity contribution is -0.127. The van der Waals surface area contributed by atoms with E-state index in [0.29, 0.717) is 25.1 Å². The van der Waals surface area contributed by atoms with Crippen molar-refractivity contribution in [3.63, 3.8) is 0 Å². The molecule has 3 N–H and O–H groups in total. The summed E-state index contributed by atoms with van der Waals surface area (Å²) in [5.74, 6) is -0.752. The molecule has 1 aliphatic heterocycles. The first kappa shape index (κ1) is 14.8. The van der Waals surface area contributed by atoms with Crippen molar-refractivity contribution in [1.82, 2.24) is 0 Å². The van der Waals surface area contributed by atoms with Crippen LogP contribution in [0.1, 0.15) is 32.6 Å². The summed E-state index contributed by atoms with van der Waals surface area (Å²) in [5, 5.41) is 3.13. The van der Waals surface area contributed by atoms with Crippen molar-refractivity contribution < 1.29 is 13.9 Å². The van der Waals surface area contributed by atoms with Gasteiger partial charge in [-0.15, -0.1) is 0 Å². The molecule has 2 atom stereocenters. The van der Waals surface area contributed by atoms with Crippen LogP contribution in [0.25, 0.3) is 0 Å². The number of amides is 1. The fraction of sp³-hybridized carbons (Fsp3) is 0.533. The van der Waals surface area contributed by atoms with Crippen molar-refractivity contribution in [1.29, 1.82) is 0 Å². The van der Waals surface area contributed by atoms with Crippen LogP contribution < -0.4 is 11.1 Å². The number of halogens is 1. The van der Waals surface area contributed by atoms with Gasteiger partial charge in [0.05, 0.1) is 6.10 Å². The maximum Gasteiger partial charge on any atom is 0.243 e. The van der Waals surface area contributed by atoms with Gasteiger partial charge in [0.1, 0.15) is 11.4 Å². The van der Waals surface area contributed by atoms with Gasteiger partial charge in [0.25, 0.3) is 0 Å². The average molecular weight is 280 g/mol. The first-order valence-corrected chi connectivity index (χ1v) is 7.01. The molecule has 1 saturated heterocycles. The highest BCUT2D eigenvalue weighted by molar-refractivity contribution is 5.88. The first-order valence-electron chi connectivity index (χ1n) is 7.01. The predicted molar refractivity (Wildman–Crippen MR) is 75.8 cm³/mol.